The van der Waals surface area contributed by atoms with E-state index in [1.54, 1.807) is 21.0 Å². The zero-order valence-corrected chi connectivity index (χ0v) is 19.4. The molecule has 1 aromatic heterocycles. The van der Waals surface area contributed by atoms with Crippen LogP contribution >= 0.6 is 0 Å². The van der Waals surface area contributed by atoms with Crippen molar-refractivity contribution in [2.45, 2.75) is 87.1 Å². The van der Waals surface area contributed by atoms with Crippen LogP contribution in [0.5, 0.6) is 0 Å². The normalized spacial score (nSPS) is 45.3. The Hall–Kier alpha value is -1.25. The van der Waals surface area contributed by atoms with Crippen molar-refractivity contribution in [2.75, 3.05) is 20.6 Å². The minimum atomic E-state index is -2.23. The summed E-state index contributed by atoms with van der Waals surface area (Å²) < 4.78 is 17.9. The van der Waals surface area contributed by atoms with Gasteiger partial charge in [0, 0.05) is 25.2 Å². The van der Waals surface area contributed by atoms with E-state index in [2.05, 4.69) is 20.9 Å². The Labute approximate surface area is 193 Å². The number of aliphatic hydroxyl groups is 4. The van der Waals surface area contributed by atoms with Crippen molar-refractivity contribution >= 4 is 0 Å². The fraction of sp³-hybridized carbons (Fsp3) is 0.773. The number of pyridine rings is 1. The molecule has 3 aliphatic rings. The SMILES string of the molecule is CNC1C2O[C@]3(O)[C@@H](O[C@H](C)C[C@@]3(O)CNCc3cccc(C)n3)O[C@@H]2[C@@H](O)[C@H](NC)[C@@H]1O. The van der Waals surface area contributed by atoms with Gasteiger partial charge >= 0.3 is 0 Å². The highest BCUT2D eigenvalue weighted by molar-refractivity contribution is 5.13. The number of aliphatic hydroxyl groups excluding tert-OH is 2. The zero-order chi connectivity index (χ0) is 24.0. The fourth-order valence-corrected chi connectivity index (χ4v) is 5.32. The average Bonchev–Trinajstić information content (AvgIpc) is 2.75. The first-order valence-electron chi connectivity index (χ1n) is 11.4. The van der Waals surface area contributed by atoms with Gasteiger partial charge in [0.15, 0.2) is 0 Å². The first kappa shape index (κ1) is 24.9. The molecule has 2 aliphatic heterocycles. The van der Waals surface area contributed by atoms with Gasteiger partial charge in [0.1, 0.15) is 23.9 Å². The van der Waals surface area contributed by atoms with Crippen molar-refractivity contribution in [1.82, 2.24) is 20.9 Å². The van der Waals surface area contributed by atoms with Gasteiger partial charge in [0.25, 0.3) is 0 Å². The van der Waals surface area contributed by atoms with E-state index in [0.717, 1.165) is 11.4 Å². The second-order valence-electron chi connectivity index (χ2n) is 9.38. The standard InChI is InChI=1S/C22H36N4O7/c1-11-6-5-7-13(26-11)9-25-10-21(29)8-12(2)31-20-22(21,30)33-18-15(24-4)16(27)14(23-3)17(28)19(18)32-20/h5-7,12,14-20,23-25,27-30H,8-10H2,1-4H3/t12-,14-,15?,16+,17+,18?,19-,20+,21-,22-/m1/s1. The first-order valence-corrected chi connectivity index (χ1v) is 11.4. The molecule has 3 heterocycles. The number of fused-ring (bicyclic) bond motifs is 2. The molecule has 2 saturated heterocycles. The van der Waals surface area contributed by atoms with Gasteiger partial charge in [-0.25, -0.2) is 0 Å². The molecule has 0 amide bonds. The van der Waals surface area contributed by atoms with Crippen LogP contribution in [-0.2, 0) is 20.8 Å². The van der Waals surface area contributed by atoms with Crippen molar-refractivity contribution < 1.29 is 34.6 Å². The smallest absolute Gasteiger partial charge is 0.249 e. The van der Waals surface area contributed by atoms with Crippen molar-refractivity contribution in [2.24, 2.45) is 0 Å². The summed E-state index contributed by atoms with van der Waals surface area (Å²) in [5.74, 6) is -2.23. The maximum Gasteiger partial charge on any atom is 0.249 e. The number of likely N-dealkylation sites (N-methyl/N-ethyl adjacent to an activating group) is 2. The molecule has 10 atom stereocenters. The van der Waals surface area contributed by atoms with Gasteiger partial charge in [-0.2, -0.15) is 0 Å². The molecule has 0 radical (unpaired) electrons. The maximum atomic E-state index is 11.6. The molecule has 0 aromatic carbocycles. The lowest BCUT2D eigenvalue weighted by Gasteiger charge is -2.60. The molecule has 1 saturated carbocycles. The largest absolute Gasteiger partial charge is 0.390 e. The number of hydrogen-bond donors (Lipinski definition) is 7. The predicted octanol–water partition coefficient (Wildman–Crippen LogP) is -2.27. The van der Waals surface area contributed by atoms with Gasteiger partial charge in [0.2, 0.25) is 12.1 Å². The molecule has 33 heavy (non-hydrogen) atoms. The first-order chi connectivity index (χ1) is 15.6. The quantitative estimate of drug-likeness (QED) is 0.241. The Balaban J connectivity index is 1.57. The van der Waals surface area contributed by atoms with E-state index in [1.165, 1.54) is 0 Å². The summed E-state index contributed by atoms with van der Waals surface area (Å²) in [6.07, 6.45) is -5.66. The molecule has 11 nitrogen and oxygen atoms in total. The van der Waals surface area contributed by atoms with Crippen molar-refractivity contribution in [3.8, 4) is 0 Å². The summed E-state index contributed by atoms with van der Waals surface area (Å²) >= 11 is 0. The minimum Gasteiger partial charge on any atom is -0.390 e. The van der Waals surface area contributed by atoms with Gasteiger partial charge in [-0.05, 0) is 40.1 Å². The molecular formula is C22H36N4O7. The lowest BCUT2D eigenvalue weighted by atomic mass is 9.77. The molecule has 0 bridgehead atoms. The van der Waals surface area contributed by atoms with Crippen LogP contribution in [0.2, 0.25) is 0 Å². The lowest BCUT2D eigenvalue weighted by Crippen LogP contribution is -2.81. The van der Waals surface area contributed by atoms with Crippen LogP contribution in [0.25, 0.3) is 0 Å². The topological polar surface area (TPSA) is 158 Å². The highest BCUT2D eigenvalue weighted by atomic mass is 16.8. The number of rotatable bonds is 6. The van der Waals surface area contributed by atoms with Gasteiger partial charge in [-0.15, -0.1) is 0 Å². The Bertz CT molecular complexity index is 834. The number of nitrogens with zero attached hydrogens (tertiary/aromatic N) is 1. The second-order valence-corrected chi connectivity index (χ2v) is 9.38. The number of aromatic nitrogens is 1. The predicted molar refractivity (Wildman–Crippen MR) is 117 cm³/mol. The van der Waals surface area contributed by atoms with Gasteiger partial charge in [-0.3, -0.25) is 4.98 Å². The summed E-state index contributed by atoms with van der Waals surface area (Å²) in [6, 6.07) is 4.33. The third-order valence-electron chi connectivity index (χ3n) is 7.02. The summed E-state index contributed by atoms with van der Waals surface area (Å²) in [7, 11) is 3.29. The van der Waals surface area contributed by atoms with Crippen LogP contribution in [0.3, 0.4) is 0 Å². The van der Waals surface area contributed by atoms with Crippen LogP contribution in [0.1, 0.15) is 24.7 Å². The average molecular weight is 469 g/mol. The minimum absolute atomic E-state index is 0.0153. The van der Waals surface area contributed by atoms with Crippen molar-refractivity contribution in [1.29, 1.82) is 0 Å². The Kier molecular flexibility index (Phi) is 7.10. The van der Waals surface area contributed by atoms with Crippen LogP contribution in [-0.4, -0.2) is 106 Å². The van der Waals surface area contributed by atoms with Crippen LogP contribution in [0.15, 0.2) is 18.2 Å². The molecular weight excluding hydrogens is 432 g/mol. The highest BCUT2D eigenvalue weighted by Gasteiger charge is 2.68. The molecule has 3 fully saturated rings. The molecule has 186 valence electrons. The van der Waals surface area contributed by atoms with E-state index in [-0.39, 0.29) is 13.0 Å². The van der Waals surface area contributed by atoms with Crippen molar-refractivity contribution in [3.63, 3.8) is 0 Å². The third kappa shape index (κ3) is 4.31. The summed E-state index contributed by atoms with van der Waals surface area (Å²) in [4.78, 5) is 4.44. The molecule has 11 heteroatoms. The molecule has 1 aliphatic carbocycles. The van der Waals surface area contributed by atoms with E-state index >= 15 is 0 Å². The number of ether oxygens (including phenoxy) is 3. The zero-order valence-electron chi connectivity index (χ0n) is 19.4. The monoisotopic (exact) mass is 468 g/mol. The third-order valence-corrected chi connectivity index (χ3v) is 7.02. The van der Waals surface area contributed by atoms with Crippen molar-refractivity contribution in [3.05, 3.63) is 29.6 Å². The van der Waals surface area contributed by atoms with E-state index in [1.807, 2.05) is 25.1 Å². The summed E-state index contributed by atoms with van der Waals surface area (Å²) in [5.41, 5.74) is -0.0816. The van der Waals surface area contributed by atoms with E-state index < -0.39 is 60.3 Å². The molecule has 7 N–H and O–H groups in total. The second kappa shape index (κ2) is 9.42. The maximum absolute atomic E-state index is 11.6. The molecule has 4 rings (SSSR count). The number of nitrogens with one attached hydrogen (secondary N) is 3. The van der Waals surface area contributed by atoms with E-state index in [9.17, 15) is 20.4 Å². The van der Waals surface area contributed by atoms with Crippen LogP contribution in [0, 0.1) is 6.92 Å². The Morgan fingerprint density at radius 3 is 2.45 bits per heavy atom. The Morgan fingerprint density at radius 1 is 1.06 bits per heavy atom. The molecule has 0 spiro atoms. The van der Waals surface area contributed by atoms with Crippen LogP contribution < -0.4 is 16.0 Å². The summed E-state index contributed by atoms with van der Waals surface area (Å²) in [5, 5.41) is 53.9. The molecule has 1 aromatic rings. The number of hydrogen-bond acceptors (Lipinski definition) is 11. The van der Waals surface area contributed by atoms with Gasteiger partial charge in [0.05, 0.1) is 30.0 Å². The van der Waals surface area contributed by atoms with Gasteiger partial charge in [-0.1, -0.05) is 6.07 Å². The lowest BCUT2D eigenvalue weighted by molar-refractivity contribution is -0.482. The highest BCUT2D eigenvalue weighted by Crippen LogP contribution is 2.46. The van der Waals surface area contributed by atoms with E-state index in [4.69, 9.17) is 14.2 Å². The fourth-order valence-electron chi connectivity index (χ4n) is 5.32. The number of aryl methyl sites for hydroxylation is 1. The summed E-state index contributed by atoms with van der Waals surface area (Å²) in [6.45, 7) is 4.04. The van der Waals surface area contributed by atoms with E-state index in [0.29, 0.717) is 6.54 Å². The van der Waals surface area contributed by atoms with Crippen LogP contribution in [0.4, 0.5) is 0 Å². The van der Waals surface area contributed by atoms with Gasteiger partial charge < -0.3 is 50.6 Å². The molecule has 2 unspecified atom stereocenters. The Morgan fingerprint density at radius 2 is 1.79 bits per heavy atom.